The Morgan fingerprint density at radius 1 is 1.11 bits per heavy atom. The van der Waals surface area contributed by atoms with Gasteiger partial charge in [0.15, 0.2) is 5.96 Å². The van der Waals surface area contributed by atoms with Crippen molar-refractivity contribution in [1.82, 2.24) is 10.6 Å². The van der Waals surface area contributed by atoms with Crippen molar-refractivity contribution >= 4 is 17.6 Å². The lowest BCUT2D eigenvalue weighted by Crippen LogP contribution is -2.38. The number of carbonyl (C=O) groups excluding carboxylic acids is 1. The molecule has 0 bridgehead atoms. The number of nitrogens with one attached hydrogen (secondary N) is 3. The Bertz CT molecular complexity index is 735. The minimum absolute atomic E-state index is 0.0754. The first kappa shape index (κ1) is 20.4. The van der Waals surface area contributed by atoms with Crippen molar-refractivity contribution < 1.29 is 14.3 Å². The number of halogens is 1. The molecule has 7 heteroatoms. The number of aliphatic imine (C=N–C) groups is 1. The Morgan fingerprint density at radius 3 is 2.48 bits per heavy atom. The van der Waals surface area contributed by atoms with Gasteiger partial charge in [-0.3, -0.25) is 4.79 Å². The quantitative estimate of drug-likeness (QED) is 0.424. The summed E-state index contributed by atoms with van der Waals surface area (Å²) in [5.41, 5.74) is 1.38. The highest BCUT2D eigenvalue weighted by atomic mass is 19.1. The first-order chi connectivity index (χ1) is 13.1. The monoisotopic (exact) mass is 372 g/mol. The lowest BCUT2D eigenvalue weighted by Gasteiger charge is -2.14. The van der Waals surface area contributed by atoms with Crippen molar-refractivity contribution in [1.29, 1.82) is 0 Å². The topological polar surface area (TPSA) is 85.8 Å². The molecule has 2 rings (SSSR count). The highest BCUT2D eigenvalue weighted by Crippen LogP contribution is 2.14. The zero-order valence-electron chi connectivity index (χ0n) is 15.3. The molecule has 1 atom stereocenters. The maximum atomic E-state index is 12.9. The minimum Gasteiger partial charge on any atom is -0.388 e. The Kier molecular flexibility index (Phi) is 8.25. The summed E-state index contributed by atoms with van der Waals surface area (Å²) in [6.07, 6.45) is -0.0562. The van der Waals surface area contributed by atoms with Gasteiger partial charge in [0.2, 0.25) is 5.91 Å². The van der Waals surface area contributed by atoms with Gasteiger partial charge in [0.1, 0.15) is 12.4 Å². The fraction of sp³-hybridized carbons (Fsp3) is 0.300. The molecule has 0 aliphatic carbocycles. The molecule has 27 heavy (non-hydrogen) atoms. The van der Waals surface area contributed by atoms with Crippen LogP contribution in [-0.4, -0.2) is 36.6 Å². The van der Waals surface area contributed by atoms with Gasteiger partial charge in [0, 0.05) is 18.8 Å². The molecule has 0 saturated carbocycles. The van der Waals surface area contributed by atoms with Gasteiger partial charge in [-0.1, -0.05) is 30.3 Å². The Balaban J connectivity index is 1.80. The van der Waals surface area contributed by atoms with E-state index in [0.29, 0.717) is 31.2 Å². The van der Waals surface area contributed by atoms with Crippen molar-refractivity contribution in [3.8, 4) is 0 Å². The van der Waals surface area contributed by atoms with Crippen molar-refractivity contribution in [2.75, 3.05) is 25.0 Å². The van der Waals surface area contributed by atoms with E-state index < -0.39 is 6.10 Å². The third-order valence-electron chi connectivity index (χ3n) is 3.75. The predicted molar refractivity (Wildman–Crippen MR) is 105 cm³/mol. The van der Waals surface area contributed by atoms with E-state index >= 15 is 0 Å². The van der Waals surface area contributed by atoms with Gasteiger partial charge < -0.3 is 21.1 Å². The fourth-order valence-corrected chi connectivity index (χ4v) is 2.40. The number of guanidine groups is 1. The van der Waals surface area contributed by atoms with Crippen LogP contribution in [-0.2, 0) is 4.79 Å². The SMILES string of the molecule is CCNC(=NCC(=O)Nc1ccc(F)cc1)NCCC(O)c1ccccc1. The van der Waals surface area contributed by atoms with Crippen molar-refractivity contribution in [3.63, 3.8) is 0 Å². The number of nitrogens with zero attached hydrogens (tertiary/aromatic N) is 1. The zero-order chi connectivity index (χ0) is 19.5. The molecule has 1 unspecified atom stereocenters. The first-order valence-corrected chi connectivity index (χ1v) is 8.89. The molecule has 0 fully saturated rings. The van der Waals surface area contributed by atoms with E-state index in [0.717, 1.165) is 5.56 Å². The smallest absolute Gasteiger partial charge is 0.246 e. The molecule has 0 aliphatic heterocycles. The lowest BCUT2D eigenvalue weighted by molar-refractivity contribution is -0.114. The molecule has 144 valence electrons. The summed E-state index contributed by atoms with van der Waals surface area (Å²) in [5, 5.41) is 19.0. The van der Waals surface area contributed by atoms with E-state index in [1.54, 1.807) is 0 Å². The number of amides is 1. The highest BCUT2D eigenvalue weighted by Gasteiger charge is 2.07. The summed E-state index contributed by atoms with van der Waals surface area (Å²) in [5.74, 6) is -0.169. The summed E-state index contributed by atoms with van der Waals surface area (Å²) < 4.78 is 12.9. The summed E-state index contributed by atoms with van der Waals surface area (Å²) >= 11 is 0. The van der Waals surface area contributed by atoms with Crippen LogP contribution in [0.25, 0.3) is 0 Å². The van der Waals surface area contributed by atoms with E-state index in [1.807, 2.05) is 37.3 Å². The molecule has 2 aromatic rings. The second-order valence-electron chi connectivity index (χ2n) is 5.89. The molecule has 4 N–H and O–H groups in total. The van der Waals surface area contributed by atoms with Gasteiger partial charge in [0.05, 0.1) is 6.10 Å². The number of aliphatic hydroxyl groups excluding tert-OH is 1. The molecule has 2 aromatic carbocycles. The van der Waals surface area contributed by atoms with Crippen LogP contribution in [0.15, 0.2) is 59.6 Å². The van der Waals surface area contributed by atoms with Crippen LogP contribution >= 0.6 is 0 Å². The average Bonchev–Trinajstić information content (AvgIpc) is 2.68. The number of benzene rings is 2. The van der Waals surface area contributed by atoms with Crippen molar-refractivity contribution in [2.45, 2.75) is 19.4 Å². The third kappa shape index (κ3) is 7.45. The molecular formula is C20H25FN4O2. The van der Waals surface area contributed by atoms with E-state index in [2.05, 4.69) is 20.9 Å². The maximum absolute atomic E-state index is 12.9. The molecule has 0 aliphatic rings. The third-order valence-corrected chi connectivity index (χ3v) is 3.75. The molecule has 0 saturated heterocycles. The van der Waals surface area contributed by atoms with Crippen LogP contribution in [0.3, 0.4) is 0 Å². The van der Waals surface area contributed by atoms with Crippen LogP contribution in [0.5, 0.6) is 0 Å². The number of hydrogen-bond donors (Lipinski definition) is 4. The summed E-state index contributed by atoms with van der Waals surface area (Å²) in [6, 6.07) is 15.0. The molecule has 0 radical (unpaired) electrons. The molecule has 1 amide bonds. The van der Waals surface area contributed by atoms with Crippen LogP contribution < -0.4 is 16.0 Å². The van der Waals surface area contributed by atoms with E-state index in [-0.39, 0.29) is 18.3 Å². The highest BCUT2D eigenvalue weighted by molar-refractivity contribution is 5.94. The second kappa shape index (κ2) is 10.9. The summed E-state index contributed by atoms with van der Waals surface area (Å²) in [7, 11) is 0. The largest absolute Gasteiger partial charge is 0.388 e. The molecule has 0 aromatic heterocycles. The lowest BCUT2D eigenvalue weighted by atomic mass is 10.1. The molecule has 6 nitrogen and oxygen atoms in total. The van der Waals surface area contributed by atoms with E-state index in [1.165, 1.54) is 24.3 Å². The normalized spacial score (nSPS) is 12.3. The van der Waals surface area contributed by atoms with Crippen LogP contribution in [0, 0.1) is 5.82 Å². The van der Waals surface area contributed by atoms with Gasteiger partial charge in [0.25, 0.3) is 0 Å². The average molecular weight is 372 g/mol. The summed E-state index contributed by atoms with van der Waals surface area (Å²) in [6.45, 7) is 3.00. The fourth-order valence-electron chi connectivity index (χ4n) is 2.40. The van der Waals surface area contributed by atoms with E-state index in [4.69, 9.17) is 0 Å². The van der Waals surface area contributed by atoms with Gasteiger partial charge in [-0.25, -0.2) is 9.38 Å². The predicted octanol–water partition coefficient (Wildman–Crippen LogP) is 2.44. The molecule has 0 spiro atoms. The van der Waals surface area contributed by atoms with E-state index in [9.17, 15) is 14.3 Å². The number of aliphatic hydroxyl groups is 1. The van der Waals surface area contributed by atoms with Crippen molar-refractivity contribution in [2.24, 2.45) is 4.99 Å². The molecular weight excluding hydrogens is 347 g/mol. The van der Waals surface area contributed by atoms with Gasteiger partial charge in [-0.15, -0.1) is 0 Å². The molecule has 0 heterocycles. The zero-order valence-corrected chi connectivity index (χ0v) is 15.3. The minimum atomic E-state index is -0.566. The number of carbonyl (C=O) groups is 1. The maximum Gasteiger partial charge on any atom is 0.246 e. The van der Waals surface area contributed by atoms with Gasteiger partial charge >= 0.3 is 0 Å². The number of anilines is 1. The summed E-state index contributed by atoms with van der Waals surface area (Å²) in [4.78, 5) is 16.2. The Labute approximate surface area is 158 Å². The first-order valence-electron chi connectivity index (χ1n) is 8.89. The number of hydrogen-bond acceptors (Lipinski definition) is 3. The second-order valence-corrected chi connectivity index (χ2v) is 5.89. The van der Waals surface area contributed by atoms with Crippen LogP contribution in [0.1, 0.15) is 25.0 Å². The Hall–Kier alpha value is -2.93. The van der Waals surface area contributed by atoms with Crippen LogP contribution in [0.4, 0.5) is 10.1 Å². The van der Waals surface area contributed by atoms with Crippen LogP contribution in [0.2, 0.25) is 0 Å². The standard InChI is InChI=1S/C20H25FN4O2/c1-2-22-20(23-13-12-18(26)15-6-4-3-5-7-15)24-14-19(27)25-17-10-8-16(21)9-11-17/h3-11,18,26H,2,12-14H2,1H3,(H,25,27)(H2,22,23,24). The van der Waals surface area contributed by atoms with Gasteiger partial charge in [-0.2, -0.15) is 0 Å². The van der Waals surface area contributed by atoms with Crippen molar-refractivity contribution in [3.05, 3.63) is 66.0 Å². The Morgan fingerprint density at radius 2 is 1.81 bits per heavy atom. The number of rotatable bonds is 8. The van der Waals surface area contributed by atoms with Gasteiger partial charge in [-0.05, 0) is 43.2 Å².